The molecule has 0 aromatic heterocycles. The van der Waals surface area contributed by atoms with Crippen LogP contribution in [0.4, 0.5) is 0 Å². The predicted octanol–water partition coefficient (Wildman–Crippen LogP) is 8.59. The number of hydrogen-bond donors (Lipinski definition) is 2. The van der Waals surface area contributed by atoms with Crippen LogP contribution in [0.15, 0.2) is 0 Å². The Labute approximate surface area is 225 Å². The Morgan fingerprint density at radius 1 is 0.788 bits per heavy atom. The molecule has 0 bridgehead atoms. The molecule has 2 heterocycles. The lowest BCUT2D eigenvalue weighted by Crippen LogP contribution is -2.40. The van der Waals surface area contributed by atoms with E-state index in [1.165, 1.54) is 64.2 Å². The van der Waals surface area contributed by atoms with Crippen molar-refractivity contribution in [2.24, 2.45) is 0 Å². The fraction of sp³-hybridized carbons (Fsp3) is 0.913. The van der Waals surface area contributed by atoms with Crippen LogP contribution in [0.5, 0.6) is 0 Å². The van der Waals surface area contributed by atoms with Gasteiger partial charge in [-0.3, -0.25) is 14.9 Å². The van der Waals surface area contributed by atoms with Gasteiger partial charge >= 0.3 is 0 Å². The fourth-order valence-corrected chi connectivity index (χ4v) is 16.7. The van der Waals surface area contributed by atoms with E-state index < -0.39 is 0 Å². The molecule has 1 amide bonds. The van der Waals surface area contributed by atoms with Gasteiger partial charge in [-0.1, -0.05) is 92.7 Å². The molecule has 0 unspecified atom stereocenters. The van der Waals surface area contributed by atoms with E-state index in [9.17, 15) is 9.59 Å². The maximum absolute atomic E-state index is 12.0. The van der Waals surface area contributed by atoms with E-state index in [-0.39, 0.29) is 22.4 Å². The molecular formula is C23H42N2O2S6. The summed E-state index contributed by atoms with van der Waals surface area (Å²) in [5, 5.41) is 6.57. The summed E-state index contributed by atoms with van der Waals surface area (Å²) in [5.41, 5.74) is 0. The molecule has 0 saturated carbocycles. The van der Waals surface area contributed by atoms with Gasteiger partial charge in [0, 0.05) is 13.0 Å². The molecule has 1 spiro atoms. The van der Waals surface area contributed by atoms with Gasteiger partial charge in [0.25, 0.3) is 0 Å². The average Bonchev–Trinajstić information content (AvgIpc) is 3.56. The third-order valence-corrected chi connectivity index (χ3v) is 19.1. The minimum Gasteiger partial charge on any atom is -0.356 e. The third-order valence-electron chi connectivity index (χ3n) is 5.77. The zero-order chi connectivity index (χ0) is 23.8. The van der Waals surface area contributed by atoms with E-state index in [1.807, 2.05) is 64.8 Å². The second-order valence-corrected chi connectivity index (χ2v) is 18.3. The normalized spacial score (nSPS) is 18.4. The molecule has 0 aromatic carbocycles. The van der Waals surface area contributed by atoms with Crippen molar-refractivity contribution in [3.05, 3.63) is 0 Å². The number of carbonyl (C=O) groups excluding carboxylic acids is 2. The van der Waals surface area contributed by atoms with Gasteiger partial charge in [0.1, 0.15) is 10.5 Å². The summed E-state index contributed by atoms with van der Waals surface area (Å²) >= 11 is 0. The van der Waals surface area contributed by atoms with Gasteiger partial charge in [0.2, 0.25) is 5.91 Å². The molecule has 0 aliphatic carbocycles. The number of ketones is 1. The van der Waals surface area contributed by atoms with Crippen molar-refractivity contribution in [3.63, 3.8) is 0 Å². The standard InChI is InChI=1S/C23H42N2O2S6/c1-3-4-5-6-7-8-9-10-11-12-13-17-21(27)24-18-15-14-16-20(19(2)26)25-22-28-30-23(31-29-22)32-33-23/h20,22,25H,3-18H2,1-2H3,(H,24,27)/t20-/m1/s1. The summed E-state index contributed by atoms with van der Waals surface area (Å²) in [6.45, 7) is 4.66. The van der Waals surface area contributed by atoms with Crippen molar-refractivity contribution in [3.8, 4) is 0 Å². The first-order chi connectivity index (χ1) is 16.0. The lowest BCUT2D eigenvalue weighted by molar-refractivity contribution is -0.121. The molecule has 2 aliphatic heterocycles. The van der Waals surface area contributed by atoms with Crippen molar-refractivity contribution < 1.29 is 9.59 Å². The van der Waals surface area contributed by atoms with Crippen molar-refractivity contribution in [1.82, 2.24) is 10.6 Å². The number of Topliss-reactive ketones (excluding diaryl/α,β-unsaturated/α-hetero) is 1. The smallest absolute Gasteiger partial charge is 0.219 e. The van der Waals surface area contributed by atoms with Gasteiger partial charge in [0.05, 0.1) is 6.04 Å². The maximum atomic E-state index is 12.0. The highest BCUT2D eigenvalue weighted by atomic mass is 33.2. The molecule has 0 aromatic rings. The summed E-state index contributed by atoms with van der Waals surface area (Å²) in [7, 11) is 11.3. The quantitative estimate of drug-likeness (QED) is 0.0851. The largest absolute Gasteiger partial charge is 0.356 e. The Bertz CT molecular complexity index is 555. The third kappa shape index (κ3) is 14.5. The fourth-order valence-electron chi connectivity index (χ4n) is 3.69. The van der Waals surface area contributed by atoms with Crippen molar-refractivity contribution in [1.29, 1.82) is 0 Å². The first-order valence-electron chi connectivity index (χ1n) is 12.6. The van der Waals surface area contributed by atoms with Crippen LogP contribution in [-0.2, 0) is 9.59 Å². The van der Waals surface area contributed by atoms with Crippen LogP contribution in [0, 0.1) is 0 Å². The molecule has 2 aliphatic rings. The number of amides is 1. The van der Waals surface area contributed by atoms with Gasteiger partial charge < -0.3 is 5.32 Å². The van der Waals surface area contributed by atoms with Crippen LogP contribution in [0.25, 0.3) is 0 Å². The zero-order valence-electron chi connectivity index (χ0n) is 20.2. The summed E-state index contributed by atoms with van der Waals surface area (Å²) in [6.07, 6.45) is 17.7. The molecule has 33 heavy (non-hydrogen) atoms. The summed E-state index contributed by atoms with van der Waals surface area (Å²) < 4.78 is 0.553. The highest BCUT2D eigenvalue weighted by Crippen LogP contribution is 2.83. The van der Waals surface area contributed by atoms with Crippen LogP contribution < -0.4 is 10.6 Å². The summed E-state index contributed by atoms with van der Waals surface area (Å²) in [6, 6.07) is -0.0863. The summed E-state index contributed by atoms with van der Waals surface area (Å²) in [5.74, 6) is 0.392. The van der Waals surface area contributed by atoms with Crippen molar-refractivity contribution in [2.75, 3.05) is 6.54 Å². The van der Waals surface area contributed by atoms with Crippen LogP contribution in [0.1, 0.15) is 110 Å². The molecule has 2 saturated heterocycles. The van der Waals surface area contributed by atoms with E-state index in [2.05, 4.69) is 17.6 Å². The minimum atomic E-state index is -0.0863. The van der Waals surface area contributed by atoms with Gasteiger partial charge in [-0.05, 0) is 75.8 Å². The number of nitrogens with one attached hydrogen (secondary N) is 2. The molecule has 2 fully saturated rings. The topological polar surface area (TPSA) is 58.2 Å². The zero-order valence-corrected chi connectivity index (χ0v) is 25.1. The van der Waals surface area contributed by atoms with Crippen LogP contribution in [-0.4, -0.2) is 31.7 Å². The van der Waals surface area contributed by atoms with Crippen LogP contribution in [0.2, 0.25) is 0 Å². The second-order valence-electron chi connectivity index (χ2n) is 8.82. The Kier molecular flexibility index (Phi) is 17.0. The molecule has 2 rings (SSSR count). The number of hydrogen-bond acceptors (Lipinski definition) is 9. The van der Waals surface area contributed by atoms with Gasteiger partial charge in [-0.25, -0.2) is 0 Å². The Balaban J connectivity index is 1.38. The second kappa shape index (κ2) is 18.4. The Morgan fingerprint density at radius 2 is 1.36 bits per heavy atom. The van der Waals surface area contributed by atoms with E-state index in [0.29, 0.717) is 9.16 Å². The molecule has 2 N–H and O–H groups in total. The summed E-state index contributed by atoms with van der Waals surface area (Å²) in [4.78, 5) is 24.1. The van der Waals surface area contributed by atoms with E-state index >= 15 is 0 Å². The van der Waals surface area contributed by atoms with Gasteiger partial charge in [0.15, 0.2) is 2.74 Å². The van der Waals surface area contributed by atoms with E-state index in [1.54, 1.807) is 6.92 Å². The number of rotatable bonds is 20. The number of unbranched alkanes of at least 4 members (excludes halogenated alkanes) is 11. The SMILES string of the molecule is CCCCCCCCCCCCCC(=O)NCCCC[C@@H](NC1SSC2(SS1)SS2)C(C)=O. The first kappa shape index (κ1) is 30.4. The molecule has 0 radical (unpaired) electrons. The molecule has 1 atom stereocenters. The average molecular weight is 571 g/mol. The maximum Gasteiger partial charge on any atom is 0.219 e. The highest BCUT2D eigenvalue weighted by Gasteiger charge is 2.52. The highest BCUT2D eigenvalue weighted by molar-refractivity contribution is 9.14. The minimum absolute atomic E-state index is 0.0863. The van der Waals surface area contributed by atoms with Crippen molar-refractivity contribution >= 4 is 76.5 Å². The molecular weight excluding hydrogens is 529 g/mol. The van der Waals surface area contributed by atoms with E-state index in [4.69, 9.17) is 0 Å². The van der Waals surface area contributed by atoms with Gasteiger partial charge in [-0.15, -0.1) is 0 Å². The molecule has 10 heteroatoms. The lowest BCUT2D eigenvalue weighted by atomic mass is 10.1. The van der Waals surface area contributed by atoms with Crippen LogP contribution >= 0.6 is 64.8 Å². The van der Waals surface area contributed by atoms with Crippen LogP contribution in [0.3, 0.4) is 0 Å². The predicted molar refractivity (Wildman–Crippen MR) is 158 cm³/mol. The monoisotopic (exact) mass is 570 g/mol. The molecule has 4 nitrogen and oxygen atoms in total. The lowest BCUT2D eigenvalue weighted by Gasteiger charge is -2.27. The number of carbonyl (C=O) groups is 2. The van der Waals surface area contributed by atoms with Crippen molar-refractivity contribution in [2.45, 2.75) is 124 Å². The molecule has 192 valence electrons. The van der Waals surface area contributed by atoms with Gasteiger partial charge in [-0.2, -0.15) is 0 Å². The Morgan fingerprint density at radius 3 is 1.91 bits per heavy atom. The first-order valence-corrected chi connectivity index (χ1v) is 19.2. The Hall–Kier alpha value is 1.20. The van der Waals surface area contributed by atoms with E-state index in [0.717, 1.165) is 32.2 Å².